The Labute approximate surface area is 145 Å². The predicted molar refractivity (Wildman–Crippen MR) is 93.1 cm³/mol. The van der Waals surface area contributed by atoms with E-state index in [1.807, 2.05) is 7.05 Å². The van der Waals surface area contributed by atoms with E-state index in [-0.39, 0.29) is 17.6 Å². The van der Waals surface area contributed by atoms with Gasteiger partial charge in [-0.1, -0.05) is 0 Å². The molecule has 1 aromatic heterocycles. The van der Waals surface area contributed by atoms with Crippen molar-refractivity contribution in [2.24, 2.45) is 5.92 Å². The van der Waals surface area contributed by atoms with Crippen molar-refractivity contribution in [3.05, 3.63) is 59.7 Å². The van der Waals surface area contributed by atoms with E-state index in [1.54, 1.807) is 6.07 Å². The molecule has 5 nitrogen and oxygen atoms in total. The molecule has 0 unspecified atom stereocenters. The minimum atomic E-state index is -0.399. The van der Waals surface area contributed by atoms with Crippen LogP contribution in [0.1, 0.15) is 33.6 Å². The summed E-state index contributed by atoms with van der Waals surface area (Å²) in [4.78, 5) is 31.1. The van der Waals surface area contributed by atoms with Crippen LogP contribution in [0.15, 0.2) is 42.7 Å². The maximum absolute atomic E-state index is 12.9. The molecule has 1 fully saturated rings. The van der Waals surface area contributed by atoms with Crippen LogP contribution in [-0.2, 0) is 0 Å². The van der Waals surface area contributed by atoms with Gasteiger partial charge in [0.2, 0.25) is 0 Å². The summed E-state index contributed by atoms with van der Waals surface area (Å²) < 4.78 is 12.9. The van der Waals surface area contributed by atoms with Crippen LogP contribution in [-0.4, -0.2) is 41.7 Å². The number of carbonyl (C=O) groups excluding carboxylic acids is 2. The molecule has 3 rings (SSSR count). The van der Waals surface area contributed by atoms with E-state index in [0.717, 1.165) is 25.9 Å². The van der Waals surface area contributed by atoms with Crippen LogP contribution in [0.25, 0.3) is 0 Å². The second-order valence-corrected chi connectivity index (χ2v) is 6.37. The molecule has 0 radical (unpaired) electrons. The van der Waals surface area contributed by atoms with Crippen molar-refractivity contribution in [1.29, 1.82) is 0 Å². The minimum absolute atomic E-state index is 0.000972. The summed E-state index contributed by atoms with van der Waals surface area (Å²) in [5.74, 6) is -0.700. The van der Waals surface area contributed by atoms with Crippen LogP contribution in [0.3, 0.4) is 0 Å². The summed E-state index contributed by atoms with van der Waals surface area (Å²) in [7, 11) is 2.05. The third-order valence-corrected chi connectivity index (χ3v) is 4.48. The molecule has 0 aliphatic carbocycles. The number of anilines is 1. The van der Waals surface area contributed by atoms with E-state index < -0.39 is 5.82 Å². The number of likely N-dealkylation sites (tertiary alicyclic amines) is 1. The first-order valence-electron chi connectivity index (χ1n) is 8.27. The number of benzene rings is 1. The lowest BCUT2D eigenvalue weighted by molar-refractivity contribution is 0.0856. The molecule has 2 aromatic rings. The van der Waals surface area contributed by atoms with Gasteiger partial charge in [0.25, 0.3) is 5.91 Å². The SMILES string of the molecule is CN1CCC(C(=O)c2cncc(NC(=O)c3ccc(F)cc3)c2)CC1. The van der Waals surface area contributed by atoms with E-state index >= 15 is 0 Å². The van der Waals surface area contributed by atoms with E-state index in [1.165, 1.54) is 36.7 Å². The van der Waals surface area contributed by atoms with Gasteiger partial charge in [-0.2, -0.15) is 0 Å². The molecule has 1 N–H and O–H groups in total. The number of hydrogen-bond acceptors (Lipinski definition) is 4. The molecule has 0 saturated carbocycles. The number of rotatable bonds is 4. The highest BCUT2D eigenvalue weighted by atomic mass is 19.1. The summed E-state index contributed by atoms with van der Waals surface area (Å²) in [6.07, 6.45) is 4.70. The van der Waals surface area contributed by atoms with Gasteiger partial charge >= 0.3 is 0 Å². The molecule has 130 valence electrons. The normalized spacial score (nSPS) is 15.8. The zero-order valence-corrected chi connectivity index (χ0v) is 14.0. The van der Waals surface area contributed by atoms with Gasteiger partial charge in [-0.05, 0) is 63.3 Å². The van der Waals surface area contributed by atoms with Crippen LogP contribution in [0.2, 0.25) is 0 Å². The number of pyridine rings is 1. The van der Waals surface area contributed by atoms with Gasteiger partial charge in [0.05, 0.1) is 11.9 Å². The Bertz CT molecular complexity index is 768. The van der Waals surface area contributed by atoms with Gasteiger partial charge < -0.3 is 10.2 Å². The Morgan fingerprint density at radius 3 is 2.48 bits per heavy atom. The molecule has 1 amide bonds. The Morgan fingerprint density at radius 2 is 1.80 bits per heavy atom. The lowest BCUT2D eigenvalue weighted by Gasteiger charge is -2.27. The van der Waals surface area contributed by atoms with Crippen molar-refractivity contribution in [2.75, 3.05) is 25.5 Å². The van der Waals surface area contributed by atoms with Crippen LogP contribution in [0.5, 0.6) is 0 Å². The van der Waals surface area contributed by atoms with E-state index in [0.29, 0.717) is 16.8 Å². The highest BCUT2D eigenvalue weighted by Crippen LogP contribution is 2.22. The van der Waals surface area contributed by atoms with Gasteiger partial charge in [-0.3, -0.25) is 14.6 Å². The molecule has 25 heavy (non-hydrogen) atoms. The van der Waals surface area contributed by atoms with Crippen molar-refractivity contribution in [3.8, 4) is 0 Å². The Morgan fingerprint density at radius 1 is 1.12 bits per heavy atom. The third kappa shape index (κ3) is 4.28. The maximum Gasteiger partial charge on any atom is 0.255 e. The number of nitrogens with zero attached hydrogens (tertiary/aromatic N) is 2. The first-order chi connectivity index (χ1) is 12.0. The lowest BCUT2D eigenvalue weighted by Crippen LogP contribution is -2.33. The molecule has 1 aromatic carbocycles. The average Bonchev–Trinajstić information content (AvgIpc) is 2.62. The molecule has 1 saturated heterocycles. The number of carbonyl (C=O) groups is 2. The molecular weight excluding hydrogens is 321 g/mol. The second kappa shape index (κ2) is 7.53. The summed E-state index contributed by atoms with van der Waals surface area (Å²) in [5.41, 5.74) is 1.30. The van der Waals surface area contributed by atoms with Crippen molar-refractivity contribution in [1.82, 2.24) is 9.88 Å². The summed E-state index contributed by atoms with van der Waals surface area (Å²) in [6.45, 7) is 1.82. The molecule has 1 aliphatic heterocycles. The zero-order chi connectivity index (χ0) is 17.8. The van der Waals surface area contributed by atoms with E-state index in [4.69, 9.17) is 0 Å². The average molecular weight is 341 g/mol. The fourth-order valence-electron chi connectivity index (χ4n) is 2.95. The fraction of sp³-hybridized carbons (Fsp3) is 0.316. The van der Waals surface area contributed by atoms with Gasteiger partial charge in [0, 0.05) is 23.2 Å². The van der Waals surface area contributed by atoms with E-state index in [9.17, 15) is 14.0 Å². The van der Waals surface area contributed by atoms with Gasteiger partial charge in [-0.15, -0.1) is 0 Å². The molecule has 6 heteroatoms. The summed E-state index contributed by atoms with van der Waals surface area (Å²) in [6, 6.07) is 6.92. The number of nitrogens with one attached hydrogen (secondary N) is 1. The molecule has 2 heterocycles. The van der Waals surface area contributed by atoms with Crippen molar-refractivity contribution < 1.29 is 14.0 Å². The topological polar surface area (TPSA) is 62.3 Å². The first-order valence-corrected chi connectivity index (χ1v) is 8.27. The standard InChI is InChI=1S/C19H20FN3O2/c1-23-8-6-13(7-9-23)18(24)15-10-17(12-21-11-15)22-19(25)14-2-4-16(20)5-3-14/h2-5,10-13H,6-9H2,1H3,(H,22,25). The number of amides is 1. The van der Waals surface area contributed by atoms with Crippen LogP contribution < -0.4 is 5.32 Å². The monoisotopic (exact) mass is 341 g/mol. The number of hydrogen-bond donors (Lipinski definition) is 1. The van der Waals surface area contributed by atoms with Crippen LogP contribution in [0, 0.1) is 11.7 Å². The Kier molecular flexibility index (Phi) is 5.19. The third-order valence-electron chi connectivity index (χ3n) is 4.48. The maximum atomic E-state index is 12.9. The van der Waals surface area contributed by atoms with Gasteiger partial charge in [-0.25, -0.2) is 4.39 Å². The quantitative estimate of drug-likeness (QED) is 0.869. The number of ketones is 1. The molecule has 1 aliphatic rings. The summed E-state index contributed by atoms with van der Waals surface area (Å²) >= 11 is 0. The number of piperidine rings is 1. The number of Topliss-reactive ketones (excluding diaryl/α,β-unsaturated/α-hetero) is 1. The Hall–Kier alpha value is -2.60. The highest BCUT2D eigenvalue weighted by Gasteiger charge is 2.24. The van der Waals surface area contributed by atoms with Crippen LogP contribution in [0.4, 0.5) is 10.1 Å². The Balaban J connectivity index is 1.69. The van der Waals surface area contributed by atoms with E-state index in [2.05, 4.69) is 15.2 Å². The largest absolute Gasteiger partial charge is 0.321 e. The van der Waals surface area contributed by atoms with Crippen LogP contribution >= 0.6 is 0 Å². The molecular formula is C19H20FN3O2. The van der Waals surface area contributed by atoms with Crippen molar-refractivity contribution in [3.63, 3.8) is 0 Å². The second-order valence-electron chi connectivity index (χ2n) is 6.37. The van der Waals surface area contributed by atoms with Gasteiger partial charge in [0.1, 0.15) is 5.82 Å². The highest BCUT2D eigenvalue weighted by molar-refractivity contribution is 6.05. The smallest absolute Gasteiger partial charge is 0.255 e. The predicted octanol–water partition coefficient (Wildman–Crippen LogP) is 3.00. The number of aromatic nitrogens is 1. The molecule has 0 bridgehead atoms. The molecule has 0 atom stereocenters. The van der Waals surface area contributed by atoms with Crippen molar-refractivity contribution >= 4 is 17.4 Å². The zero-order valence-electron chi connectivity index (χ0n) is 14.0. The minimum Gasteiger partial charge on any atom is -0.321 e. The summed E-state index contributed by atoms with van der Waals surface area (Å²) in [5, 5.41) is 2.70. The van der Waals surface area contributed by atoms with Gasteiger partial charge in [0.15, 0.2) is 5.78 Å². The molecule has 0 spiro atoms. The first kappa shape index (κ1) is 17.2. The fourth-order valence-corrected chi connectivity index (χ4v) is 2.95. The lowest BCUT2D eigenvalue weighted by atomic mass is 9.89. The van der Waals surface area contributed by atoms with Crippen molar-refractivity contribution in [2.45, 2.75) is 12.8 Å². The number of halogens is 1.